The minimum absolute atomic E-state index is 0.908. The summed E-state index contributed by atoms with van der Waals surface area (Å²) in [5.41, 5.74) is 4.79. The summed E-state index contributed by atoms with van der Waals surface area (Å²) in [6, 6.07) is 4.07. The van der Waals surface area contributed by atoms with Crippen molar-refractivity contribution in [2.75, 3.05) is 18.0 Å². The van der Waals surface area contributed by atoms with Crippen LogP contribution in [-0.4, -0.2) is 28.0 Å². The molecule has 3 heterocycles. The number of rotatable bonds is 2. The van der Waals surface area contributed by atoms with E-state index in [9.17, 15) is 0 Å². The van der Waals surface area contributed by atoms with Crippen LogP contribution in [0.5, 0.6) is 0 Å². The highest BCUT2D eigenvalue weighted by Crippen LogP contribution is 2.32. The summed E-state index contributed by atoms with van der Waals surface area (Å²) in [6.45, 7) is 2.18. The summed E-state index contributed by atoms with van der Waals surface area (Å²) in [4.78, 5) is 16.1. The van der Waals surface area contributed by atoms with Gasteiger partial charge in [-0.05, 0) is 37.8 Å². The third-order valence-corrected chi connectivity index (χ3v) is 4.00. The number of aromatic nitrogens is 3. The molecule has 1 aliphatic carbocycles. The molecule has 0 saturated carbocycles. The SMILES string of the molecule is c1cncc(-c2nc(N3CCC3)nc3c2CCC3)c1. The fourth-order valence-electron chi connectivity index (χ4n) is 2.82. The highest BCUT2D eigenvalue weighted by molar-refractivity contribution is 5.65. The predicted octanol–water partition coefficient (Wildman–Crippen LogP) is 2.24. The van der Waals surface area contributed by atoms with Crippen LogP contribution in [0.3, 0.4) is 0 Å². The van der Waals surface area contributed by atoms with E-state index in [0.29, 0.717) is 0 Å². The number of fused-ring (bicyclic) bond motifs is 1. The summed E-state index contributed by atoms with van der Waals surface area (Å²) in [5.74, 6) is 0.908. The second-order valence-electron chi connectivity index (χ2n) is 5.23. The van der Waals surface area contributed by atoms with E-state index in [1.54, 1.807) is 6.20 Å². The van der Waals surface area contributed by atoms with E-state index in [0.717, 1.165) is 43.1 Å². The molecule has 4 nitrogen and oxygen atoms in total. The molecule has 19 heavy (non-hydrogen) atoms. The molecule has 4 heteroatoms. The molecule has 0 unspecified atom stereocenters. The standard InChI is InChI=1S/C15H16N4/c1-5-12-13(6-1)17-15(19-8-3-9-19)18-14(12)11-4-2-7-16-10-11/h2,4,7,10H,1,3,5-6,8-9H2. The number of anilines is 1. The summed E-state index contributed by atoms with van der Waals surface area (Å²) in [6.07, 6.45) is 8.34. The maximum Gasteiger partial charge on any atom is 0.226 e. The zero-order valence-electron chi connectivity index (χ0n) is 10.8. The van der Waals surface area contributed by atoms with Crippen molar-refractivity contribution >= 4 is 5.95 Å². The lowest BCUT2D eigenvalue weighted by Gasteiger charge is -2.31. The smallest absolute Gasteiger partial charge is 0.226 e. The zero-order chi connectivity index (χ0) is 12.7. The Kier molecular flexibility index (Phi) is 2.47. The van der Waals surface area contributed by atoms with Crippen molar-refractivity contribution in [3.05, 3.63) is 35.8 Å². The minimum Gasteiger partial charge on any atom is -0.341 e. The third-order valence-electron chi connectivity index (χ3n) is 4.00. The molecule has 1 aliphatic heterocycles. The Bertz CT molecular complexity index is 605. The molecular formula is C15H16N4. The second-order valence-corrected chi connectivity index (χ2v) is 5.23. The number of hydrogen-bond acceptors (Lipinski definition) is 4. The van der Waals surface area contributed by atoms with Crippen molar-refractivity contribution in [3.8, 4) is 11.3 Å². The number of hydrogen-bond donors (Lipinski definition) is 0. The van der Waals surface area contributed by atoms with Crippen molar-refractivity contribution in [3.63, 3.8) is 0 Å². The highest BCUT2D eigenvalue weighted by Gasteiger charge is 2.24. The van der Waals surface area contributed by atoms with Gasteiger partial charge < -0.3 is 4.90 Å². The van der Waals surface area contributed by atoms with Crippen LogP contribution in [0.15, 0.2) is 24.5 Å². The lowest BCUT2D eigenvalue weighted by molar-refractivity contribution is 0.599. The van der Waals surface area contributed by atoms with E-state index < -0.39 is 0 Å². The second kappa shape index (κ2) is 4.30. The maximum atomic E-state index is 4.81. The minimum atomic E-state index is 0.908. The van der Waals surface area contributed by atoms with E-state index in [1.807, 2.05) is 12.3 Å². The Labute approximate surface area is 112 Å². The molecule has 1 fully saturated rings. The van der Waals surface area contributed by atoms with Gasteiger partial charge in [0, 0.05) is 42.3 Å². The largest absolute Gasteiger partial charge is 0.341 e. The molecule has 0 bridgehead atoms. The quantitative estimate of drug-likeness (QED) is 0.822. The number of nitrogens with zero attached hydrogens (tertiary/aromatic N) is 4. The van der Waals surface area contributed by atoms with E-state index in [2.05, 4.69) is 16.0 Å². The molecule has 2 aromatic heterocycles. The van der Waals surface area contributed by atoms with Crippen LogP contribution in [-0.2, 0) is 12.8 Å². The summed E-state index contributed by atoms with van der Waals surface area (Å²) >= 11 is 0. The van der Waals surface area contributed by atoms with Gasteiger partial charge in [0.25, 0.3) is 0 Å². The number of aryl methyl sites for hydroxylation is 1. The van der Waals surface area contributed by atoms with E-state index in [4.69, 9.17) is 9.97 Å². The Morgan fingerprint density at radius 2 is 2.00 bits per heavy atom. The lowest BCUT2D eigenvalue weighted by Crippen LogP contribution is -2.38. The first kappa shape index (κ1) is 10.9. The van der Waals surface area contributed by atoms with Crippen LogP contribution in [0.2, 0.25) is 0 Å². The topological polar surface area (TPSA) is 41.9 Å². The fraction of sp³-hybridized carbons (Fsp3) is 0.400. The average Bonchev–Trinajstić information content (AvgIpc) is 2.85. The normalized spacial score (nSPS) is 17.2. The molecule has 0 aromatic carbocycles. The average molecular weight is 252 g/mol. The van der Waals surface area contributed by atoms with Gasteiger partial charge in [-0.1, -0.05) is 0 Å². The molecule has 0 radical (unpaired) electrons. The first-order chi connectivity index (χ1) is 9.42. The summed E-state index contributed by atoms with van der Waals surface area (Å²) < 4.78 is 0. The van der Waals surface area contributed by atoms with Gasteiger partial charge >= 0.3 is 0 Å². The molecule has 96 valence electrons. The summed E-state index contributed by atoms with van der Waals surface area (Å²) in [5, 5.41) is 0. The Balaban J connectivity index is 1.86. The first-order valence-corrected chi connectivity index (χ1v) is 6.97. The number of pyridine rings is 1. The van der Waals surface area contributed by atoms with Crippen molar-refractivity contribution in [1.29, 1.82) is 0 Å². The van der Waals surface area contributed by atoms with Crippen LogP contribution in [0.1, 0.15) is 24.1 Å². The zero-order valence-corrected chi connectivity index (χ0v) is 10.8. The van der Waals surface area contributed by atoms with Crippen LogP contribution in [0.4, 0.5) is 5.95 Å². The van der Waals surface area contributed by atoms with Gasteiger partial charge in [-0.2, -0.15) is 0 Å². The Morgan fingerprint density at radius 3 is 2.74 bits per heavy atom. The van der Waals surface area contributed by atoms with Crippen LogP contribution in [0.25, 0.3) is 11.3 Å². The molecule has 0 atom stereocenters. The molecule has 0 N–H and O–H groups in total. The van der Waals surface area contributed by atoms with E-state index in [1.165, 1.54) is 24.1 Å². The van der Waals surface area contributed by atoms with Crippen LogP contribution >= 0.6 is 0 Å². The fourth-order valence-corrected chi connectivity index (χ4v) is 2.82. The van der Waals surface area contributed by atoms with Gasteiger partial charge in [0.2, 0.25) is 5.95 Å². The van der Waals surface area contributed by atoms with Gasteiger partial charge in [0.15, 0.2) is 0 Å². The monoisotopic (exact) mass is 252 g/mol. The Morgan fingerprint density at radius 1 is 1.05 bits per heavy atom. The van der Waals surface area contributed by atoms with E-state index >= 15 is 0 Å². The third kappa shape index (κ3) is 1.79. The summed E-state index contributed by atoms with van der Waals surface area (Å²) in [7, 11) is 0. The predicted molar refractivity (Wildman–Crippen MR) is 74.1 cm³/mol. The molecule has 2 aromatic rings. The molecule has 4 rings (SSSR count). The van der Waals surface area contributed by atoms with E-state index in [-0.39, 0.29) is 0 Å². The molecule has 0 amide bonds. The molecular weight excluding hydrogens is 236 g/mol. The molecule has 0 spiro atoms. The lowest BCUT2D eigenvalue weighted by atomic mass is 10.1. The molecule has 2 aliphatic rings. The first-order valence-electron chi connectivity index (χ1n) is 6.97. The molecule has 1 saturated heterocycles. The van der Waals surface area contributed by atoms with Crippen LogP contribution < -0.4 is 4.90 Å². The van der Waals surface area contributed by atoms with Crippen molar-refractivity contribution in [2.24, 2.45) is 0 Å². The van der Waals surface area contributed by atoms with Gasteiger partial charge in [0.05, 0.1) is 5.69 Å². The van der Waals surface area contributed by atoms with Gasteiger partial charge in [-0.3, -0.25) is 4.98 Å². The highest BCUT2D eigenvalue weighted by atomic mass is 15.3. The van der Waals surface area contributed by atoms with Crippen molar-refractivity contribution in [1.82, 2.24) is 15.0 Å². The van der Waals surface area contributed by atoms with Crippen LogP contribution in [0, 0.1) is 0 Å². The van der Waals surface area contributed by atoms with Crippen molar-refractivity contribution < 1.29 is 0 Å². The van der Waals surface area contributed by atoms with Crippen molar-refractivity contribution in [2.45, 2.75) is 25.7 Å². The Hall–Kier alpha value is -1.97. The maximum absolute atomic E-state index is 4.81. The van der Waals surface area contributed by atoms with Gasteiger partial charge in [-0.15, -0.1) is 0 Å². The van der Waals surface area contributed by atoms with Gasteiger partial charge in [-0.25, -0.2) is 9.97 Å². The van der Waals surface area contributed by atoms with Gasteiger partial charge in [0.1, 0.15) is 0 Å².